The number of unbranched alkanes of at least 4 members (excludes halogenated alkanes) is 2. The number of rotatable bonds is 7. The average Bonchev–Trinajstić information content (AvgIpc) is 2.28. The summed E-state index contributed by atoms with van der Waals surface area (Å²) < 4.78 is 0. The van der Waals surface area contributed by atoms with Gasteiger partial charge in [-0.15, -0.1) is 0 Å². The maximum absolute atomic E-state index is 10.9. The van der Waals surface area contributed by atoms with Crippen LogP contribution in [0.2, 0.25) is 0 Å². The van der Waals surface area contributed by atoms with Crippen molar-refractivity contribution >= 4 is 17.3 Å². The molecule has 0 amide bonds. The number of aromatic nitrogens is 2. The molecule has 3 N–H and O–H groups in total. The third-order valence-electron chi connectivity index (χ3n) is 2.66. The van der Waals surface area contributed by atoms with E-state index >= 15 is 0 Å². The van der Waals surface area contributed by atoms with Crippen LogP contribution < -0.4 is 11.1 Å². The van der Waals surface area contributed by atoms with Gasteiger partial charge in [0.25, 0.3) is 0 Å². The minimum Gasteiger partial charge on any atom is -0.378 e. The van der Waals surface area contributed by atoms with E-state index in [2.05, 4.69) is 22.2 Å². The fraction of sp³-hybridized carbons (Fsp3) is 0.636. The van der Waals surface area contributed by atoms with Gasteiger partial charge in [-0.2, -0.15) is 0 Å². The Labute approximate surface area is 106 Å². The van der Waals surface area contributed by atoms with E-state index in [0.29, 0.717) is 0 Å². The smallest absolute Gasteiger partial charge is 0.352 e. The zero-order valence-corrected chi connectivity index (χ0v) is 10.7. The van der Waals surface area contributed by atoms with Gasteiger partial charge in [0.1, 0.15) is 6.33 Å². The molecule has 0 aliphatic heterocycles. The van der Waals surface area contributed by atoms with Crippen LogP contribution in [0, 0.1) is 10.1 Å². The monoisotopic (exact) mass is 253 g/mol. The predicted octanol–water partition coefficient (Wildman–Crippen LogP) is 2.35. The van der Waals surface area contributed by atoms with Crippen LogP contribution in [0.5, 0.6) is 0 Å². The number of hydrogen-bond donors (Lipinski definition) is 2. The van der Waals surface area contributed by atoms with E-state index in [0.717, 1.165) is 25.7 Å². The molecule has 1 heterocycles. The third kappa shape index (κ3) is 3.83. The highest BCUT2D eigenvalue weighted by molar-refractivity contribution is 5.67. The van der Waals surface area contributed by atoms with E-state index in [1.807, 2.05) is 6.92 Å². The molecule has 1 aromatic heterocycles. The van der Waals surface area contributed by atoms with Crippen LogP contribution in [0.25, 0.3) is 0 Å². The zero-order chi connectivity index (χ0) is 13.5. The van der Waals surface area contributed by atoms with Crippen LogP contribution in [-0.2, 0) is 0 Å². The number of hydrogen-bond acceptors (Lipinski definition) is 6. The van der Waals surface area contributed by atoms with Crippen molar-refractivity contribution < 1.29 is 4.92 Å². The van der Waals surface area contributed by atoms with E-state index in [1.165, 1.54) is 6.33 Å². The second kappa shape index (κ2) is 6.73. The molecule has 0 spiro atoms. The van der Waals surface area contributed by atoms with Crippen molar-refractivity contribution in [2.75, 3.05) is 11.1 Å². The van der Waals surface area contributed by atoms with Gasteiger partial charge in [-0.1, -0.05) is 26.2 Å². The molecule has 1 unspecified atom stereocenters. The molecule has 7 nitrogen and oxygen atoms in total. The maximum Gasteiger partial charge on any atom is 0.352 e. The van der Waals surface area contributed by atoms with Gasteiger partial charge in [0, 0.05) is 6.04 Å². The average molecular weight is 253 g/mol. The molecule has 0 aromatic carbocycles. The second-order valence-electron chi connectivity index (χ2n) is 4.25. The van der Waals surface area contributed by atoms with E-state index in [4.69, 9.17) is 5.73 Å². The SMILES string of the molecule is CCCCCC(C)Nc1ncnc(N)c1[N+](=O)[O-]. The highest BCUT2D eigenvalue weighted by atomic mass is 16.6. The molecule has 0 fully saturated rings. The molecule has 100 valence electrons. The first-order valence-electron chi connectivity index (χ1n) is 6.07. The maximum atomic E-state index is 10.9. The molecule has 1 atom stereocenters. The molecule has 18 heavy (non-hydrogen) atoms. The Hall–Kier alpha value is -1.92. The van der Waals surface area contributed by atoms with Crippen molar-refractivity contribution in [1.82, 2.24) is 9.97 Å². The van der Waals surface area contributed by atoms with Crippen molar-refractivity contribution in [3.63, 3.8) is 0 Å². The topological polar surface area (TPSA) is 107 Å². The highest BCUT2D eigenvalue weighted by Gasteiger charge is 2.21. The molecule has 0 radical (unpaired) electrons. The van der Waals surface area contributed by atoms with Crippen molar-refractivity contribution in [1.29, 1.82) is 0 Å². The van der Waals surface area contributed by atoms with Crippen molar-refractivity contribution in [2.45, 2.75) is 45.6 Å². The number of nitrogens with two attached hydrogens (primary N) is 1. The van der Waals surface area contributed by atoms with Crippen molar-refractivity contribution in [2.24, 2.45) is 0 Å². The summed E-state index contributed by atoms with van der Waals surface area (Å²) in [4.78, 5) is 17.8. The van der Waals surface area contributed by atoms with Crippen LogP contribution in [0.4, 0.5) is 17.3 Å². The Bertz CT molecular complexity index is 410. The first-order valence-corrected chi connectivity index (χ1v) is 6.07. The summed E-state index contributed by atoms with van der Waals surface area (Å²) in [5, 5.41) is 13.9. The number of anilines is 2. The lowest BCUT2D eigenvalue weighted by Gasteiger charge is -2.14. The van der Waals surface area contributed by atoms with Crippen LogP contribution in [0.1, 0.15) is 39.5 Å². The number of nitro groups is 1. The van der Waals surface area contributed by atoms with Gasteiger partial charge in [-0.3, -0.25) is 10.1 Å². The third-order valence-corrected chi connectivity index (χ3v) is 2.66. The van der Waals surface area contributed by atoms with Crippen molar-refractivity contribution in [3.8, 4) is 0 Å². The van der Waals surface area contributed by atoms with Crippen molar-refractivity contribution in [3.05, 3.63) is 16.4 Å². The van der Waals surface area contributed by atoms with Crippen LogP contribution in [0.15, 0.2) is 6.33 Å². The normalized spacial score (nSPS) is 12.1. The Morgan fingerprint density at radius 2 is 2.22 bits per heavy atom. The van der Waals surface area contributed by atoms with Crippen LogP contribution >= 0.6 is 0 Å². The first kappa shape index (κ1) is 14.1. The van der Waals surface area contributed by atoms with Gasteiger partial charge < -0.3 is 11.1 Å². The van der Waals surface area contributed by atoms with Crippen LogP contribution in [0.3, 0.4) is 0 Å². The Kier molecular flexibility index (Phi) is 5.29. The fourth-order valence-electron chi connectivity index (χ4n) is 1.68. The lowest BCUT2D eigenvalue weighted by atomic mass is 10.1. The van der Waals surface area contributed by atoms with Gasteiger partial charge >= 0.3 is 5.69 Å². The number of nitrogen functional groups attached to an aromatic ring is 1. The summed E-state index contributed by atoms with van der Waals surface area (Å²) in [6, 6.07) is 0.115. The molecule has 7 heteroatoms. The summed E-state index contributed by atoms with van der Waals surface area (Å²) in [6.07, 6.45) is 5.55. The summed E-state index contributed by atoms with van der Waals surface area (Å²) in [6.45, 7) is 4.10. The van der Waals surface area contributed by atoms with Gasteiger partial charge in [0.15, 0.2) is 0 Å². The molecule has 0 bridgehead atoms. The Morgan fingerprint density at radius 1 is 1.50 bits per heavy atom. The Balaban J connectivity index is 2.72. The van der Waals surface area contributed by atoms with Crippen LogP contribution in [-0.4, -0.2) is 20.9 Å². The standard InChI is InChI=1S/C11H19N5O2/c1-3-4-5-6-8(2)15-11-9(16(17)18)10(12)13-7-14-11/h7-8H,3-6H2,1-2H3,(H3,12,13,14,15). The van der Waals surface area contributed by atoms with E-state index in [1.54, 1.807) is 0 Å². The minimum absolute atomic E-state index is 0.113. The quantitative estimate of drug-likeness (QED) is 0.438. The van der Waals surface area contributed by atoms with Gasteiger partial charge in [-0.25, -0.2) is 9.97 Å². The van der Waals surface area contributed by atoms with E-state index in [-0.39, 0.29) is 23.4 Å². The largest absolute Gasteiger partial charge is 0.378 e. The summed E-state index contributed by atoms with van der Waals surface area (Å²) in [5.41, 5.74) is 5.24. The van der Waals surface area contributed by atoms with Gasteiger partial charge in [0.2, 0.25) is 11.6 Å². The highest BCUT2D eigenvalue weighted by Crippen LogP contribution is 2.27. The lowest BCUT2D eigenvalue weighted by Crippen LogP contribution is -2.17. The molecular formula is C11H19N5O2. The molecule has 0 aliphatic rings. The summed E-state index contributed by atoms with van der Waals surface area (Å²) >= 11 is 0. The van der Waals surface area contributed by atoms with E-state index < -0.39 is 4.92 Å². The number of nitrogens with zero attached hydrogens (tertiary/aromatic N) is 3. The first-order chi connectivity index (χ1) is 8.56. The molecule has 0 saturated heterocycles. The minimum atomic E-state index is -0.559. The van der Waals surface area contributed by atoms with E-state index in [9.17, 15) is 10.1 Å². The molecule has 0 aliphatic carbocycles. The zero-order valence-electron chi connectivity index (χ0n) is 10.7. The number of nitrogens with one attached hydrogen (secondary N) is 1. The lowest BCUT2D eigenvalue weighted by molar-refractivity contribution is -0.383. The predicted molar refractivity (Wildman–Crippen MR) is 70.3 cm³/mol. The fourth-order valence-corrected chi connectivity index (χ4v) is 1.68. The Morgan fingerprint density at radius 3 is 2.83 bits per heavy atom. The summed E-state index contributed by atoms with van der Waals surface area (Å²) in [5.74, 6) is 0.0785. The van der Waals surface area contributed by atoms with Gasteiger partial charge in [-0.05, 0) is 13.3 Å². The molecular weight excluding hydrogens is 234 g/mol. The summed E-state index contributed by atoms with van der Waals surface area (Å²) in [7, 11) is 0. The van der Waals surface area contributed by atoms with Gasteiger partial charge in [0.05, 0.1) is 4.92 Å². The molecule has 0 saturated carbocycles. The molecule has 1 aromatic rings. The molecule has 1 rings (SSSR count). The second-order valence-corrected chi connectivity index (χ2v) is 4.25.